The smallest absolute Gasteiger partial charge is 0.279 e. The highest BCUT2D eigenvalue weighted by Gasteiger charge is 2.18. The molecule has 0 spiro atoms. The van der Waals surface area contributed by atoms with Crippen molar-refractivity contribution in [3.8, 4) is 5.75 Å². The Morgan fingerprint density at radius 3 is 2.41 bits per heavy atom. The monoisotopic (exact) mass is 388 g/mol. The summed E-state index contributed by atoms with van der Waals surface area (Å²) in [5.41, 5.74) is 1.39. The van der Waals surface area contributed by atoms with Crippen molar-refractivity contribution in [2.75, 3.05) is 43.6 Å². The Labute approximate surface area is 164 Å². The van der Waals surface area contributed by atoms with Crippen molar-refractivity contribution >= 4 is 35.0 Å². The third-order valence-corrected chi connectivity index (χ3v) is 4.78. The Hall–Kier alpha value is -2.51. The van der Waals surface area contributed by atoms with Gasteiger partial charge in [0.15, 0.2) is 13.1 Å². The van der Waals surface area contributed by atoms with Crippen molar-refractivity contribution in [2.45, 2.75) is 11.8 Å². The van der Waals surface area contributed by atoms with Crippen LogP contribution in [0.5, 0.6) is 5.75 Å². The fourth-order valence-corrected chi connectivity index (χ4v) is 3.07. The number of thioether (sulfide) groups is 1. The molecule has 27 heavy (non-hydrogen) atoms. The van der Waals surface area contributed by atoms with E-state index in [-0.39, 0.29) is 24.9 Å². The number of nitrogens with one attached hydrogen (secondary N) is 3. The zero-order chi connectivity index (χ0) is 19.6. The van der Waals surface area contributed by atoms with Gasteiger partial charge in [-0.25, -0.2) is 0 Å². The van der Waals surface area contributed by atoms with Crippen molar-refractivity contribution in [3.63, 3.8) is 0 Å². The van der Waals surface area contributed by atoms with Crippen molar-refractivity contribution in [1.29, 1.82) is 0 Å². The zero-order valence-corrected chi connectivity index (χ0v) is 16.7. The summed E-state index contributed by atoms with van der Waals surface area (Å²) in [7, 11) is 1.56. The standard InChI is InChI=1S/C20H25N3O3S/c1-4-23(13-19(24)21-15-8-7-9-16(12-15)27-3)14-20(25)22-17-10-5-6-11-18(17)26-2/h5-12H,4,13-14H2,1-3H3,(H,21,24)(H,22,25)/p+1. The van der Waals surface area contributed by atoms with Crippen molar-refractivity contribution < 1.29 is 19.2 Å². The van der Waals surface area contributed by atoms with Gasteiger partial charge in [-0.3, -0.25) is 9.59 Å². The molecule has 2 amide bonds. The molecule has 7 heteroatoms. The number of likely N-dealkylation sites (N-methyl/N-ethyl adjacent to an activating group) is 1. The van der Waals surface area contributed by atoms with Crippen molar-refractivity contribution in [3.05, 3.63) is 48.5 Å². The van der Waals surface area contributed by atoms with E-state index < -0.39 is 0 Å². The average Bonchev–Trinajstić information content (AvgIpc) is 2.67. The van der Waals surface area contributed by atoms with E-state index in [1.165, 1.54) is 0 Å². The number of hydrogen-bond acceptors (Lipinski definition) is 4. The van der Waals surface area contributed by atoms with Gasteiger partial charge in [-0.05, 0) is 43.5 Å². The first-order valence-electron chi connectivity index (χ1n) is 8.76. The maximum Gasteiger partial charge on any atom is 0.279 e. The Kier molecular flexibility index (Phi) is 8.16. The maximum atomic E-state index is 12.4. The summed E-state index contributed by atoms with van der Waals surface area (Å²) < 4.78 is 5.24. The van der Waals surface area contributed by atoms with Crippen molar-refractivity contribution in [2.24, 2.45) is 0 Å². The number of quaternary nitrogens is 1. The van der Waals surface area contributed by atoms with E-state index in [0.717, 1.165) is 15.5 Å². The molecule has 0 fully saturated rings. The third-order valence-electron chi connectivity index (χ3n) is 4.06. The quantitative estimate of drug-likeness (QED) is 0.574. The summed E-state index contributed by atoms with van der Waals surface area (Å²) in [4.78, 5) is 26.6. The molecule has 2 aromatic carbocycles. The molecule has 144 valence electrons. The molecule has 2 rings (SSSR count). The fourth-order valence-electron chi connectivity index (χ4n) is 2.61. The average molecular weight is 389 g/mol. The fraction of sp³-hybridized carbons (Fsp3) is 0.300. The number of benzene rings is 2. The summed E-state index contributed by atoms with van der Waals surface area (Å²) in [5, 5.41) is 5.74. The zero-order valence-electron chi connectivity index (χ0n) is 15.9. The van der Waals surface area contributed by atoms with E-state index in [9.17, 15) is 9.59 Å². The van der Waals surface area contributed by atoms with Crippen LogP contribution in [0.1, 0.15) is 6.92 Å². The maximum absolute atomic E-state index is 12.4. The van der Waals surface area contributed by atoms with Gasteiger partial charge in [0.05, 0.1) is 19.3 Å². The number of carbonyl (C=O) groups is 2. The summed E-state index contributed by atoms with van der Waals surface area (Å²) in [5.74, 6) is 0.332. The molecule has 2 aromatic rings. The minimum Gasteiger partial charge on any atom is -0.495 e. The first kappa shape index (κ1) is 20.8. The van der Waals surface area contributed by atoms with Gasteiger partial charge in [0.25, 0.3) is 11.8 Å². The number of anilines is 2. The van der Waals surface area contributed by atoms with E-state index in [2.05, 4.69) is 10.6 Å². The van der Waals surface area contributed by atoms with Gasteiger partial charge >= 0.3 is 0 Å². The number of para-hydroxylation sites is 2. The molecule has 0 radical (unpaired) electrons. The van der Waals surface area contributed by atoms with Gasteiger partial charge in [-0.2, -0.15) is 0 Å². The van der Waals surface area contributed by atoms with Crippen molar-refractivity contribution in [1.82, 2.24) is 0 Å². The minimum atomic E-state index is -0.159. The van der Waals surface area contributed by atoms with E-state index in [1.807, 2.05) is 49.6 Å². The van der Waals surface area contributed by atoms with Crippen LogP contribution >= 0.6 is 11.8 Å². The molecule has 0 bridgehead atoms. The lowest BCUT2D eigenvalue weighted by Gasteiger charge is -2.17. The van der Waals surface area contributed by atoms with Crippen LogP contribution in [0.15, 0.2) is 53.4 Å². The molecule has 0 saturated carbocycles. The Morgan fingerprint density at radius 1 is 1.04 bits per heavy atom. The van der Waals surface area contributed by atoms with Crippen LogP contribution in [-0.2, 0) is 9.59 Å². The van der Waals surface area contributed by atoms with E-state index >= 15 is 0 Å². The molecule has 0 aliphatic heterocycles. The number of rotatable bonds is 9. The minimum absolute atomic E-state index is 0.116. The molecule has 3 N–H and O–H groups in total. The second kappa shape index (κ2) is 10.6. The predicted octanol–water partition coefficient (Wildman–Crippen LogP) is 1.90. The van der Waals surface area contributed by atoms with Gasteiger partial charge in [-0.1, -0.05) is 18.2 Å². The molecular weight excluding hydrogens is 362 g/mol. The van der Waals surface area contributed by atoms with E-state index in [1.54, 1.807) is 31.0 Å². The number of ether oxygens (including phenoxy) is 1. The normalized spacial score (nSPS) is 11.5. The van der Waals surface area contributed by atoms with Crippen LogP contribution < -0.4 is 20.3 Å². The Morgan fingerprint density at radius 2 is 1.74 bits per heavy atom. The Bertz CT molecular complexity index is 783. The van der Waals surface area contributed by atoms with E-state index in [4.69, 9.17) is 4.74 Å². The molecule has 0 heterocycles. The molecule has 0 aromatic heterocycles. The lowest BCUT2D eigenvalue weighted by molar-refractivity contribution is -0.881. The van der Waals surface area contributed by atoms with Gasteiger partial charge < -0.3 is 20.3 Å². The number of carbonyl (C=O) groups excluding carboxylic acids is 2. The molecule has 6 nitrogen and oxygen atoms in total. The largest absolute Gasteiger partial charge is 0.495 e. The van der Waals surface area contributed by atoms with Crippen LogP contribution in [0.3, 0.4) is 0 Å². The first-order chi connectivity index (χ1) is 13.0. The SMILES string of the molecule is CC[NH+](CC(=O)Nc1cccc(SC)c1)CC(=O)Nc1ccccc1OC. The Balaban J connectivity index is 1.90. The van der Waals surface area contributed by atoms with Gasteiger partial charge in [0, 0.05) is 10.6 Å². The van der Waals surface area contributed by atoms with Crippen LogP contribution in [0, 0.1) is 0 Å². The topological polar surface area (TPSA) is 71.9 Å². The highest BCUT2D eigenvalue weighted by Crippen LogP contribution is 2.22. The summed E-state index contributed by atoms with van der Waals surface area (Å²) in [6.45, 7) is 3.04. The first-order valence-corrected chi connectivity index (χ1v) is 9.98. The predicted molar refractivity (Wildman–Crippen MR) is 110 cm³/mol. The highest BCUT2D eigenvalue weighted by molar-refractivity contribution is 7.98. The van der Waals surface area contributed by atoms with Gasteiger partial charge in [0.2, 0.25) is 0 Å². The molecule has 0 aliphatic carbocycles. The van der Waals surface area contributed by atoms with E-state index in [0.29, 0.717) is 18.0 Å². The summed E-state index contributed by atoms with van der Waals surface area (Å²) >= 11 is 1.62. The molecular formula is C20H26N3O3S+. The number of amides is 2. The third kappa shape index (κ3) is 6.62. The lowest BCUT2D eigenvalue weighted by Crippen LogP contribution is -3.13. The van der Waals surface area contributed by atoms with Gasteiger partial charge in [0.1, 0.15) is 5.75 Å². The van der Waals surface area contributed by atoms with Crippen LogP contribution in [0.4, 0.5) is 11.4 Å². The number of methoxy groups -OCH3 is 1. The summed E-state index contributed by atoms with van der Waals surface area (Å²) in [6, 6.07) is 14.9. The number of hydrogen-bond donors (Lipinski definition) is 3. The van der Waals surface area contributed by atoms with Crippen LogP contribution in [0.25, 0.3) is 0 Å². The molecule has 1 unspecified atom stereocenters. The second-order valence-electron chi connectivity index (χ2n) is 5.99. The van der Waals surface area contributed by atoms with Crippen LogP contribution in [-0.4, -0.2) is 44.8 Å². The molecule has 1 atom stereocenters. The van der Waals surface area contributed by atoms with Gasteiger partial charge in [-0.15, -0.1) is 11.8 Å². The molecule has 0 saturated heterocycles. The molecule has 0 aliphatic rings. The highest BCUT2D eigenvalue weighted by atomic mass is 32.2. The summed E-state index contributed by atoms with van der Waals surface area (Å²) in [6.07, 6.45) is 1.99. The van der Waals surface area contributed by atoms with Crippen LogP contribution in [0.2, 0.25) is 0 Å². The lowest BCUT2D eigenvalue weighted by atomic mass is 10.3. The second-order valence-corrected chi connectivity index (χ2v) is 6.87.